The van der Waals surface area contributed by atoms with Crippen LogP contribution in [0.4, 0.5) is 0 Å². The molecule has 20 heavy (non-hydrogen) atoms. The second-order valence-corrected chi connectivity index (χ2v) is 6.60. The third-order valence-electron chi connectivity index (χ3n) is 5.20. The number of nitrogens with two attached hydrogens (primary N) is 1. The number of piperazine rings is 1. The first-order valence-electron chi connectivity index (χ1n) is 7.80. The minimum Gasteiger partial charge on any atom is -0.356 e. The van der Waals surface area contributed by atoms with Crippen molar-refractivity contribution in [3.8, 4) is 0 Å². The van der Waals surface area contributed by atoms with Crippen molar-refractivity contribution in [3.63, 3.8) is 0 Å². The first-order valence-corrected chi connectivity index (χ1v) is 7.80. The SMILES string of the molecule is COC(CC(C)(CN)N1CC2CCCN2CC1C)OC. The van der Waals surface area contributed by atoms with Crippen LogP contribution in [0, 0.1) is 0 Å². The summed E-state index contributed by atoms with van der Waals surface area (Å²) in [5, 5.41) is 0. The Labute approximate surface area is 123 Å². The van der Waals surface area contributed by atoms with Crippen LogP contribution in [0.2, 0.25) is 0 Å². The summed E-state index contributed by atoms with van der Waals surface area (Å²) in [6, 6.07) is 1.24. The normalized spacial score (nSPS) is 31.5. The summed E-state index contributed by atoms with van der Waals surface area (Å²) in [5.41, 5.74) is 6.06. The third-order valence-corrected chi connectivity index (χ3v) is 5.20. The van der Waals surface area contributed by atoms with Gasteiger partial charge < -0.3 is 15.2 Å². The number of nitrogens with zero attached hydrogens (tertiary/aromatic N) is 2. The molecule has 2 aliphatic rings. The Morgan fingerprint density at radius 1 is 1.30 bits per heavy atom. The first kappa shape index (κ1) is 16.2. The van der Waals surface area contributed by atoms with E-state index < -0.39 is 0 Å². The fourth-order valence-corrected chi connectivity index (χ4v) is 3.88. The van der Waals surface area contributed by atoms with Gasteiger partial charge in [-0.25, -0.2) is 0 Å². The topological polar surface area (TPSA) is 51.0 Å². The van der Waals surface area contributed by atoms with Gasteiger partial charge in [-0.3, -0.25) is 9.80 Å². The molecule has 2 N–H and O–H groups in total. The van der Waals surface area contributed by atoms with Gasteiger partial charge in [-0.15, -0.1) is 0 Å². The van der Waals surface area contributed by atoms with Crippen LogP contribution in [0.3, 0.4) is 0 Å². The van der Waals surface area contributed by atoms with Crippen LogP contribution in [-0.2, 0) is 9.47 Å². The molecule has 3 atom stereocenters. The lowest BCUT2D eigenvalue weighted by Crippen LogP contribution is -2.65. The number of rotatable bonds is 6. The molecule has 5 heteroatoms. The molecule has 2 aliphatic heterocycles. The van der Waals surface area contributed by atoms with Crippen LogP contribution in [-0.4, -0.2) is 74.1 Å². The number of methoxy groups -OCH3 is 2. The zero-order valence-electron chi connectivity index (χ0n) is 13.5. The molecule has 0 bridgehead atoms. The van der Waals surface area contributed by atoms with Crippen LogP contribution in [0.5, 0.6) is 0 Å². The highest BCUT2D eigenvalue weighted by Crippen LogP contribution is 2.32. The molecule has 0 saturated carbocycles. The standard InChI is InChI=1S/C15H31N3O2/c1-12-9-17-7-5-6-13(17)10-18(12)15(2,11-16)8-14(19-3)20-4/h12-14H,5-11,16H2,1-4H3. The molecule has 3 unspecified atom stereocenters. The van der Waals surface area contributed by atoms with Gasteiger partial charge in [-0.05, 0) is 33.2 Å². The molecule has 2 rings (SSSR count). The second-order valence-electron chi connectivity index (χ2n) is 6.60. The maximum Gasteiger partial charge on any atom is 0.158 e. The van der Waals surface area contributed by atoms with Crippen LogP contribution in [0.25, 0.3) is 0 Å². The van der Waals surface area contributed by atoms with E-state index >= 15 is 0 Å². The predicted molar refractivity (Wildman–Crippen MR) is 80.6 cm³/mol. The summed E-state index contributed by atoms with van der Waals surface area (Å²) >= 11 is 0. The van der Waals surface area contributed by atoms with E-state index in [0.717, 1.165) is 19.5 Å². The molecule has 0 spiro atoms. The summed E-state index contributed by atoms with van der Waals surface area (Å²) < 4.78 is 10.8. The maximum absolute atomic E-state index is 6.13. The van der Waals surface area contributed by atoms with Crippen molar-refractivity contribution in [1.29, 1.82) is 0 Å². The van der Waals surface area contributed by atoms with Gasteiger partial charge >= 0.3 is 0 Å². The van der Waals surface area contributed by atoms with Crippen molar-refractivity contribution in [2.75, 3.05) is 40.4 Å². The fourth-order valence-electron chi connectivity index (χ4n) is 3.88. The lowest BCUT2D eigenvalue weighted by Gasteiger charge is -2.51. The van der Waals surface area contributed by atoms with E-state index in [1.165, 1.54) is 19.4 Å². The van der Waals surface area contributed by atoms with Crippen LogP contribution in [0.15, 0.2) is 0 Å². The molecule has 2 saturated heterocycles. The highest BCUT2D eigenvalue weighted by atomic mass is 16.7. The summed E-state index contributed by atoms with van der Waals surface area (Å²) in [7, 11) is 3.40. The molecule has 118 valence electrons. The van der Waals surface area contributed by atoms with E-state index in [1.54, 1.807) is 14.2 Å². The lowest BCUT2D eigenvalue weighted by molar-refractivity contribution is -0.137. The Hall–Kier alpha value is -0.200. The monoisotopic (exact) mass is 285 g/mol. The molecule has 0 aromatic heterocycles. The van der Waals surface area contributed by atoms with Crippen molar-refractivity contribution in [3.05, 3.63) is 0 Å². The molecule has 2 fully saturated rings. The van der Waals surface area contributed by atoms with E-state index in [9.17, 15) is 0 Å². The van der Waals surface area contributed by atoms with E-state index in [0.29, 0.717) is 18.6 Å². The average molecular weight is 285 g/mol. The maximum atomic E-state index is 6.13. The zero-order chi connectivity index (χ0) is 14.8. The summed E-state index contributed by atoms with van der Waals surface area (Å²) in [6.45, 7) is 8.74. The Balaban J connectivity index is 2.08. The van der Waals surface area contributed by atoms with Gasteiger partial charge in [-0.2, -0.15) is 0 Å². The molecule has 0 amide bonds. The molecule has 5 nitrogen and oxygen atoms in total. The Morgan fingerprint density at radius 2 is 2.00 bits per heavy atom. The van der Waals surface area contributed by atoms with E-state index in [1.807, 2.05) is 0 Å². The van der Waals surface area contributed by atoms with Gasteiger partial charge in [0.2, 0.25) is 0 Å². The van der Waals surface area contributed by atoms with Gasteiger partial charge in [0.25, 0.3) is 0 Å². The number of fused-ring (bicyclic) bond motifs is 1. The number of ether oxygens (including phenoxy) is 2. The van der Waals surface area contributed by atoms with Crippen molar-refractivity contribution in [2.45, 2.75) is 57.0 Å². The smallest absolute Gasteiger partial charge is 0.158 e. The minimum atomic E-state index is -0.183. The molecular formula is C15H31N3O2. The van der Waals surface area contributed by atoms with Crippen LogP contribution in [0.1, 0.15) is 33.1 Å². The largest absolute Gasteiger partial charge is 0.356 e. The van der Waals surface area contributed by atoms with E-state index in [-0.39, 0.29) is 11.8 Å². The van der Waals surface area contributed by atoms with Gasteiger partial charge in [0.05, 0.1) is 0 Å². The molecule has 2 heterocycles. The molecule has 0 aromatic carbocycles. The average Bonchev–Trinajstić information content (AvgIpc) is 2.90. The van der Waals surface area contributed by atoms with Crippen molar-refractivity contribution >= 4 is 0 Å². The van der Waals surface area contributed by atoms with Gasteiger partial charge in [0, 0.05) is 57.9 Å². The highest BCUT2D eigenvalue weighted by Gasteiger charge is 2.43. The Kier molecular flexibility index (Phi) is 5.42. The second kappa shape index (κ2) is 6.71. The summed E-state index contributed by atoms with van der Waals surface area (Å²) in [5.74, 6) is 0. The number of hydrogen-bond donors (Lipinski definition) is 1. The molecular weight excluding hydrogens is 254 g/mol. The van der Waals surface area contributed by atoms with Crippen molar-refractivity contribution < 1.29 is 9.47 Å². The summed E-state index contributed by atoms with van der Waals surface area (Å²) in [4.78, 5) is 5.23. The Morgan fingerprint density at radius 3 is 2.60 bits per heavy atom. The van der Waals surface area contributed by atoms with Crippen LogP contribution >= 0.6 is 0 Å². The zero-order valence-corrected chi connectivity index (χ0v) is 13.5. The van der Waals surface area contributed by atoms with Crippen LogP contribution < -0.4 is 5.73 Å². The van der Waals surface area contributed by atoms with Crippen molar-refractivity contribution in [2.24, 2.45) is 5.73 Å². The van der Waals surface area contributed by atoms with Gasteiger partial charge in [0.1, 0.15) is 0 Å². The molecule has 0 aliphatic carbocycles. The van der Waals surface area contributed by atoms with E-state index in [2.05, 4.69) is 23.6 Å². The summed E-state index contributed by atoms with van der Waals surface area (Å²) in [6.07, 6.45) is 3.29. The first-order chi connectivity index (χ1) is 9.54. The quantitative estimate of drug-likeness (QED) is 0.734. The highest BCUT2D eigenvalue weighted by molar-refractivity contribution is 4.99. The van der Waals surface area contributed by atoms with Gasteiger partial charge in [0.15, 0.2) is 6.29 Å². The van der Waals surface area contributed by atoms with Crippen molar-refractivity contribution in [1.82, 2.24) is 9.80 Å². The molecule has 0 radical (unpaired) electrons. The molecule has 0 aromatic rings. The Bertz CT molecular complexity index is 311. The number of hydrogen-bond acceptors (Lipinski definition) is 5. The van der Waals surface area contributed by atoms with E-state index in [4.69, 9.17) is 15.2 Å². The third kappa shape index (κ3) is 3.17. The lowest BCUT2D eigenvalue weighted by atomic mass is 9.90. The fraction of sp³-hybridized carbons (Fsp3) is 1.00. The minimum absolute atomic E-state index is 0.0647. The predicted octanol–water partition coefficient (Wildman–Crippen LogP) is 0.881. The van der Waals surface area contributed by atoms with Gasteiger partial charge in [-0.1, -0.05) is 0 Å².